The number of carbonyl (C=O) groups excluding carboxylic acids is 6. The summed E-state index contributed by atoms with van der Waals surface area (Å²) >= 11 is 0. The van der Waals surface area contributed by atoms with Gasteiger partial charge in [-0.25, -0.2) is 40.7 Å². The van der Waals surface area contributed by atoms with Crippen LogP contribution in [0.2, 0.25) is 0 Å². The Morgan fingerprint density at radius 3 is 1.48 bits per heavy atom. The van der Waals surface area contributed by atoms with Crippen molar-refractivity contribution >= 4 is 41.5 Å². The van der Waals surface area contributed by atoms with Crippen molar-refractivity contribution in [3.8, 4) is 0 Å². The number of nitrogens with two attached hydrogens (primary N) is 1. The van der Waals surface area contributed by atoms with E-state index in [0.717, 1.165) is 0 Å². The molecule has 2 aliphatic rings. The van der Waals surface area contributed by atoms with Gasteiger partial charge in [0.1, 0.15) is 60.3 Å². The molecule has 2 saturated heterocycles. The van der Waals surface area contributed by atoms with Gasteiger partial charge in [-0.15, -0.1) is 0 Å². The molecule has 0 saturated carbocycles. The molecule has 1 amide bonds. The Kier molecular flexibility index (Phi) is 23.4. The van der Waals surface area contributed by atoms with E-state index >= 15 is 0 Å². The highest BCUT2D eigenvalue weighted by Crippen LogP contribution is 2.24. The molecule has 338 valence electrons. The van der Waals surface area contributed by atoms with Crippen LogP contribution in [0.25, 0.3) is 0 Å². The van der Waals surface area contributed by atoms with E-state index in [1.807, 2.05) is 0 Å². The molecule has 2 heterocycles. The summed E-state index contributed by atoms with van der Waals surface area (Å²) in [4.78, 5) is 75.6. The third-order valence-corrected chi connectivity index (χ3v) is 6.43. The lowest BCUT2D eigenvalue weighted by Gasteiger charge is -2.29. The monoisotopic (exact) mass is 885 g/mol. The van der Waals surface area contributed by atoms with Crippen molar-refractivity contribution in [2.45, 2.75) is 65.2 Å². The number of ketones is 1. The van der Waals surface area contributed by atoms with Crippen molar-refractivity contribution in [2.24, 2.45) is 5.73 Å². The Morgan fingerprint density at radius 2 is 1.13 bits per heavy atom. The number of nitrogens with one attached hydrogen (secondary N) is 1. The predicted octanol–water partition coefficient (Wildman–Crippen LogP) is 3.26. The standard InChI is InChI=1S/C12H12F3NO3.C9H12O6.C7H6F3N.C6H8O4.C3H4O3/c1-19-6-8(17)4-12(18)16-5-9-10(14)2-7(13)3-11(9)15;1-9(2)14-7(11)6(8(12)15-9)5(10)4-13-3;8-4-1-6(9)5(3-11)7(10)2-4;1-6(2)9-4(7)3-5(8)10-6;1-6-2-3(4)5/h2-3H,4-6H2,1H3,(H,16,18);10H,4H2,1-3H3;1-2H,3,11H2;3H2,1-2H3;1-2H2/p+1. The molecule has 18 nitrogen and oxygen atoms in total. The number of hydrogen-bond acceptors (Lipinski definition) is 16. The van der Waals surface area contributed by atoms with Gasteiger partial charge in [0.05, 0.1) is 6.42 Å². The lowest BCUT2D eigenvalue weighted by atomic mass is 10.2. The molecular weight excluding hydrogens is 842 g/mol. The molecule has 5 N–H and O–H groups in total. The Bertz CT molecular complexity index is 1840. The van der Waals surface area contributed by atoms with Crippen LogP contribution < -0.4 is 11.1 Å². The second kappa shape index (κ2) is 26.1. The Balaban J connectivity index is 0.000000771. The molecule has 0 aliphatic carbocycles. The van der Waals surface area contributed by atoms with Gasteiger partial charge in [0.25, 0.3) is 11.6 Å². The van der Waals surface area contributed by atoms with Crippen LogP contribution in [0.4, 0.5) is 26.3 Å². The summed E-state index contributed by atoms with van der Waals surface area (Å²) in [5.74, 6) is -13.9. The summed E-state index contributed by atoms with van der Waals surface area (Å²) in [7, 11) is 5.47. The fourth-order valence-electron chi connectivity index (χ4n) is 4.09. The smallest absolute Gasteiger partial charge is 0.352 e. The Labute approximate surface area is 343 Å². The van der Waals surface area contributed by atoms with Gasteiger partial charge < -0.3 is 49.7 Å². The van der Waals surface area contributed by atoms with Crippen molar-refractivity contribution < 1.29 is 103 Å². The fraction of sp³-hybridized carbons (Fsp3) is 0.405. The number of hydrogen-bond donors (Lipinski definition) is 4. The van der Waals surface area contributed by atoms with Crippen LogP contribution in [0.5, 0.6) is 0 Å². The zero-order valence-corrected chi connectivity index (χ0v) is 33.4. The maximum absolute atomic E-state index is 13.2. The van der Waals surface area contributed by atoms with E-state index in [2.05, 4.69) is 36.1 Å². The Hall–Kier alpha value is -6.24. The van der Waals surface area contributed by atoms with E-state index in [9.17, 15) is 65.0 Å². The number of esters is 4. The first kappa shape index (κ1) is 54.8. The highest BCUT2D eigenvalue weighted by molar-refractivity contribution is 6.15. The first-order valence-electron chi connectivity index (χ1n) is 16.9. The van der Waals surface area contributed by atoms with Crippen molar-refractivity contribution in [3.63, 3.8) is 0 Å². The molecule has 0 aromatic heterocycles. The van der Waals surface area contributed by atoms with Crippen LogP contribution in [0.1, 0.15) is 51.7 Å². The largest absolute Gasteiger partial charge is 0.509 e. The minimum atomic E-state index is -1.30. The molecule has 2 aliphatic heterocycles. The van der Waals surface area contributed by atoms with E-state index in [-0.39, 0.29) is 38.3 Å². The minimum Gasteiger partial charge on any atom is -0.509 e. The van der Waals surface area contributed by atoms with Crippen LogP contribution in [-0.4, -0.2) is 97.4 Å². The average molecular weight is 886 g/mol. The Morgan fingerprint density at radius 1 is 0.721 bits per heavy atom. The molecule has 0 atom stereocenters. The van der Waals surface area contributed by atoms with E-state index < -0.39 is 118 Å². The van der Waals surface area contributed by atoms with Gasteiger partial charge in [-0.05, 0) is 0 Å². The maximum Gasteiger partial charge on any atom is 0.352 e. The molecule has 24 heteroatoms. The number of carbonyl (C=O) groups is 7. The molecule has 2 aromatic carbocycles. The number of halogens is 6. The fourth-order valence-corrected chi connectivity index (χ4v) is 4.09. The highest BCUT2D eigenvalue weighted by atomic mass is 19.2. The summed E-state index contributed by atoms with van der Waals surface area (Å²) in [6.45, 7) is 4.37. The zero-order chi connectivity index (χ0) is 47.2. The second-order valence-electron chi connectivity index (χ2n) is 12.5. The van der Waals surface area contributed by atoms with Crippen LogP contribution in [0, 0.1) is 42.0 Å². The van der Waals surface area contributed by atoms with E-state index in [0.29, 0.717) is 24.3 Å². The summed E-state index contributed by atoms with van der Waals surface area (Å²) in [5, 5.41) is 19.3. The number of aliphatic carboxylic acids is 1. The lowest BCUT2D eigenvalue weighted by Crippen LogP contribution is -2.42. The SMILES string of the molecule is CC1(C)OC(=O)CC(=O)O1.COCC(=O)CC(=O)NCc1c(F)cc(F)cc1F.COCC(O)=C1C(=O)OC(C)(C)OC1=O.NCc1c(F)cc(F)cc1F.[CH2+]OCC(=O)O. The van der Waals surface area contributed by atoms with Gasteiger partial charge in [-0.1, -0.05) is 0 Å². The molecule has 2 aromatic rings. The van der Waals surface area contributed by atoms with Crippen LogP contribution in [-0.2, 0) is 79.8 Å². The van der Waals surface area contributed by atoms with Gasteiger partial charge >= 0.3 is 29.8 Å². The summed E-state index contributed by atoms with van der Waals surface area (Å²) in [6.07, 6.45) is -0.721. The van der Waals surface area contributed by atoms with Gasteiger partial charge in [-0.3, -0.25) is 19.2 Å². The van der Waals surface area contributed by atoms with Crippen LogP contribution >= 0.6 is 0 Å². The maximum atomic E-state index is 13.2. The third-order valence-electron chi connectivity index (χ3n) is 6.43. The molecule has 0 spiro atoms. The molecule has 2 fully saturated rings. The van der Waals surface area contributed by atoms with Gasteiger partial charge in [0.15, 0.2) is 18.0 Å². The molecule has 0 bridgehead atoms. The zero-order valence-electron chi connectivity index (χ0n) is 33.4. The number of rotatable bonds is 11. The molecule has 4 rings (SSSR count). The van der Waals surface area contributed by atoms with Crippen molar-refractivity contribution in [1.82, 2.24) is 5.32 Å². The average Bonchev–Trinajstić information content (AvgIpc) is 3.07. The van der Waals surface area contributed by atoms with Crippen molar-refractivity contribution in [1.29, 1.82) is 0 Å². The highest BCUT2D eigenvalue weighted by Gasteiger charge is 2.41. The van der Waals surface area contributed by atoms with E-state index in [1.54, 1.807) is 0 Å². The molecular formula is C37H43F6N2O16+. The lowest BCUT2D eigenvalue weighted by molar-refractivity contribution is -0.231. The number of aliphatic hydroxyl groups is 1. The summed E-state index contributed by atoms with van der Waals surface area (Å²) < 4.78 is 108. The normalized spacial score (nSPS) is 14.5. The quantitative estimate of drug-likeness (QED) is 0.0480. The third kappa shape index (κ3) is 21.5. The number of benzene rings is 2. The van der Waals surface area contributed by atoms with E-state index in [4.69, 9.17) is 20.3 Å². The minimum absolute atomic E-state index is 0.216. The van der Waals surface area contributed by atoms with Gasteiger partial charge in [-0.2, -0.15) is 4.74 Å². The summed E-state index contributed by atoms with van der Waals surface area (Å²) in [5.41, 5.74) is 3.73. The number of methoxy groups -OCH3 is 2. The topological polar surface area (TPSA) is 263 Å². The number of aliphatic hydroxyl groups excluding tert-OH is 1. The van der Waals surface area contributed by atoms with Crippen molar-refractivity contribution in [2.75, 3.05) is 34.0 Å². The number of cyclic esters (lactones) is 4. The number of amides is 1. The van der Waals surface area contributed by atoms with Crippen LogP contribution in [0.3, 0.4) is 0 Å². The number of carboxylic acid groups (broad SMARTS) is 1. The second-order valence-corrected chi connectivity index (χ2v) is 12.5. The number of Topliss-reactive ketones (excluding diaryl/α,β-unsaturated/α-hetero) is 1. The molecule has 0 radical (unpaired) electrons. The molecule has 61 heavy (non-hydrogen) atoms. The number of carboxylic acids is 1. The molecule has 0 unspecified atom stereocenters. The predicted molar refractivity (Wildman–Crippen MR) is 191 cm³/mol. The first-order chi connectivity index (χ1) is 28.2. The number of ether oxygens (including phenoxy) is 7. The van der Waals surface area contributed by atoms with Gasteiger partial charge in [0, 0.05) is 90.4 Å². The van der Waals surface area contributed by atoms with E-state index in [1.165, 1.54) is 41.9 Å². The van der Waals surface area contributed by atoms with Crippen molar-refractivity contribution in [3.05, 3.63) is 88.7 Å². The van der Waals surface area contributed by atoms with Gasteiger partial charge in [0.2, 0.25) is 13.0 Å². The first-order valence-corrected chi connectivity index (χ1v) is 16.9. The summed E-state index contributed by atoms with van der Waals surface area (Å²) in [6, 6.07) is 2.23. The van der Waals surface area contributed by atoms with Crippen LogP contribution in [0.15, 0.2) is 35.6 Å².